The van der Waals surface area contributed by atoms with Crippen LogP contribution in [0.15, 0.2) is 40.9 Å². The van der Waals surface area contributed by atoms with Crippen LogP contribution in [-0.2, 0) is 4.79 Å². The second-order valence-corrected chi connectivity index (χ2v) is 6.00. The van der Waals surface area contributed by atoms with Gasteiger partial charge in [0.05, 0.1) is 19.3 Å². The van der Waals surface area contributed by atoms with Crippen molar-refractivity contribution in [1.82, 2.24) is 0 Å². The van der Waals surface area contributed by atoms with Gasteiger partial charge in [0.2, 0.25) is 5.91 Å². The minimum absolute atomic E-state index is 0.144. The summed E-state index contributed by atoms with van der Waals surface area (Å²) in [6.07, 6.45) is 0. The topological polar surface area (TPSA) is 50.4 Å². The largest absolute Gasteiger partial charge is 0.495 e. The van der Waals surface area contributed by atoms with E-state index in [-0.39, 0.29) is 12.5 Å². The SMILES string of the molecule is COc1ccc(Cl)cc1NC(=O)CNc1ccc(C)c(Br)c1. The predicted octanol–water partition coefficient (Wildman–Crippen LogP) is 4.47. The summed E-state index contributed by atoms with van der Waals surface area (Å²) < 4.78 is 6.19. The van der Waals surface area contributed by atoms with E-state index in [0.717, 1.165) is 15.7 Å². The molecule has 2 aromatic rings. The van der Waals surface area contributed by atoms with E-state index in [1.165, 1.54) is 0 Å². The molecule has 0 spiro atoms. The van der Waals surface area contributed by atoms with E-state index in [9.17, 15) is 4.79 Å². The molecule has 4 nitrogen and oxygen atoms in total. The quantitative estimate of drug-likeness (QED) is 0.801. The van der Waals surface area contributed by atoms with E-state index in [1.54, 1.807) is 25.3 Å². The van der Waals surface area contributed by atoms with Crippen LogP contribution < -0.4 is 15.4 Å². The van der Waals surface area contributed by atoms with Gasteiger partial charge in [0.25, 0.3) is 0 Å². The fraction of sp³-hybridized carbons (Fsp3) is 0.188. The lowest BCUT2D eigenvalue weighted by molar-refractivity contribution is -0.114. The van der Waals surface area contributed by atoms with Crippen LogP contribution in [0.5, 0.6) is 5.75 Å². The normalized spacial score (nSPS) is 10.2. The second kappa shape index (κ2) is 7.51. The number of hydrogen-bond donors (Lipinski definition) is 2. The van der Waals surface area contributed by atoms with Crippen LogP contribution in [0.4, 0.5) is 11.4 Å². The van der Waals surface area contributed by atoms with E-state index in [4.69, 9.17) is 16.3 Å². The molecule has 0 fully saturated rings. The first-order chi connectivity index (χ1) is 10.5. The number of carbonyl (C=O) groups excluding carboxylic acids is 1. The zero-order valence-corrected chi connectivity index (χ0v) is 14.6. The van der Waals surface area contributed by atoms with E-state index < -0.39 is 0 Å². The molecule has 0 aliphatic carbocycles. The Kier molecular flexibility index (Phi) is 5.69. The molecule has 0 aromatic heterocycles. The number of amides is 1. The summed E-state index contributed by atoms with van der Waals surface area (Å²) in [5.41, 5.74) is 2.55. The van der Waals surface area contributed by atoms with Crippen molar-refractivity contribution in [3.63, 3.8) is 0 Å². The van der Waals surface area contributed by atoms with Gasteiger partial charge >= 0.3 is 0 Å². The van der Waals surface area contributed by atoms with Crippen molar-refractivity contribution < 1.29 is 9.53 Å². The maximum absolute atomic E-state index is 12.0. The number of carbonyl (C=O) groups is 1. The Morgan fingerprint density at radius 3 is 2.73 bits per heavy atom. The fourth-order valence-corrected chi connectivity index (χ4v) is 2.41. The number of methoxy groups -OCH3 is 1. The number of ether oxygens (including phenoxy) is 1. The van der Waals surface area contributed by atoms with Crippen molar-refractivity contribution in [3.05, 3.63) is 51.5 Å². The minimum Gasteiger partial charge on any atom is -0.495 e. The number of aryl methyl sites for hydroxylation is 1. The summed E-state index contributed by atoms with van der Waals surface area (Å²) in [7, 11) is 1.54. The third-order valence-corrected chi connectivity index (χ3v) is 4.15. The van der Waals surface area contributed by atoms with Crippen LogP contribution in [-0.4, -0.2) is 19.6 Å². The Morgan fingerprint density at radius 2 is 2.05 bits per heavy atom. The van der Waals surface area contributed by atoms with E-state index in [0.29, 0.717) is 16.5 Å². The van der Waals surface area contributed by atoms with Crippen molar-refractivity contribution in [2.75, 3.05) is 24.3 Å². The molecule has 0 bridgehead atoms. The molecule has 0 radical (unpaired) electrons. The molecule has 6 heteroatoms. The highest BCUT2D eigenvalue weighted by molar-refractivity contribution is 9.10. The molecule has 116 valence electrons. The molecule has 22 heavy (non-hydrogen) atoms. The first-order valence-electron chi connectivity index (χ1n) is 6.63. The first kappa shape index (κ1) is 16.6. The minimum atomic E-state index is -0.183. The van der Waals surface area contributed by atoms with Crippen molar-refractivity contribution in [1.29, 1.82) is 0 Å². The summed E-state index contributed by atoms with van der Waals surface area (Å²) in [5.74, 6) is 0.382. The van der Waals surface area contributed by atoms with Crippen LogP contribution in [0.1, 0.15) is 5.56 Å². The summed E-state index contributed by atoms with van der Waals surface area (Å²) in [6.45, 7) is 2.15. The third kappa shape index (κ3) is 4.39. The molecule has 0 heterocycles. The Hall–Kier alpha value is -1.72. The van der Waals surface area contributed by atoms with Crippen molar-refractivity contribution in [2.45, 2.75) is 6.92 Å². The monoisotopic (exact) mass is 382 g/mol. The molecule has 2 N–H and O–H groups in total. The predicted molar refractivity (Wildman–Crippen MR) is 94.0 cm³/mol. The highest BCUT2D eigenvalue weighted by Gasteiger charge is 2.08. The van der Waals surface area contributed by atoms with Crippen LogP contribution in [0.3, 0.4) is 0 Å². The fourth-order valence-electron chi connectivity index (χ4n) is 1.86. The molecule has 0 aliphatic heterocycles. The van der Waals surface area contributed by atoms with Crippen LogP contribution in [0.2, 0.25) is 5.02 Å². The van der Waals surface area contributed by atoms with E-state index >= 15 is 0 Å². The highest BCUT2D eigenvalue weighted by Crippen LogP contribution is 2.27. The average Bonchev–Trinajstić information content (AvgIpc) is 2.49. The molecule has 0 saturated heterocycles. The molecule has 1 amide bonds. The van der Waals surface area contributed by atoms with Gasteiger partial charge in [-0.3, -0.25) is 4.79 Å². The van der Waals surface area contributed by atoms with Gasteiger partial charge in [0, 0.05) is 15.2 Å². The number of halogens is 2. The molecule has 2 aromatic carbocycles. The summed E-state index contributed by atoms with van der Waals surface area (Å²) in [5, 5.41) is 6.38. The molecule has 0 aliphatic rings. The smallest absolute Gasteiger partial charge is 0.243 e. The van der Waals surface area contributed by atoms with Crippen molar-refractivity contribution in [3.8, 4) is 5.75 Å². The molecule has 0 saturated carbocycles. The number of hydrogen-bond acceptors (Lipinski definition) is 3. The number of benzene rings is 2. The van der Waals surface area contributed by atoms with Gasteiger partial charge in [0.1, 0.15) is 5.75 Å². The lowest BCUT2D eigenvalue weighted by Gasteiger charge is -2.12. The zero-order valence-electron chi connectivity index (χ0n) is 12.2. The maximum atomic E-state index is 12.0. The maximum Gasteiger partial charge on any atom is 0.243 e. The molecule has 0 atom stereocenters. The van der Waals surface area contributed by atoms with Crippen LogP contribution in [0.25, 0.3) is 0 Å². The highest BCUT2D eigenvalue weighted by atomic mass is 79.9. The molecule has 0 unspecified atom stereocenters. The summed E-state index contributed by atoms with van der Waals surface area (Å²) in [4.78, 5) is 12.0. The van der Waals surface area contributed by atoms with Gasteiger partial charge in [-0.1, -0.05) is 33.6 Å². The standard InChI is InChI=1S/C16H16BrClN2O2/c1-10-3-5-12(8-13(10)17)19-9-16(21)20-14-7-11(18)4-6-15(14)22-2/h3-8,19H,9H2,1-2H3,(H,20,21). The Labute approximate surface area is 142 Å². The van der Waals surface area contributed by atoms with Crippen molar-refractivity contribution >= 4 is 44.8 Å². The van der Waals surface area contributed by atoms with Crippen LogP contribution >= 0.6 is 27.5 Å². The number of rotatable bonds is 5. The molecular weight excluding hydrogens is 368 g/mol. The van der Waals surface area contributed by atoms with E-state index in [2.05, 4.69) is 26.6 Å². The van der Waals surface area contributed by atoms with Gasteiger partial charge in [0.15, 0.2) is 0 Å². The summed E-state index contributed by atoms with van der Waals surface area (Å²) >= 11 is 9.40. The number of nitrogens with one attached hydrogen (secondary N) is 2. The van der Waals surface area contributed by atoms with Gasteiger partial charge < -0.3 is 15.4 Å². The van der Waals surface area contributed by atoms with Crippen molar-refractivity contribution in [2.24, 2.45) is 0 Å². The van der Waals surface area contributed by atoms with Gasteiger partial charge in [-0.05, 0) is 42.8 Å². The average molecular weight is 384 g/mol. The van der Waals surface area contributed by atoms with E-state index in [1.807, 2.05) is 25.1 Å². The molecule has 2 rings (SSSR count). The summed E-state index contributed by atoms with van der Waals surface area (Å²) in [6, 6.07) is 10.9. The Balaban J connectivity index is 1.98. The van der Waals surface area contributed by atoms with Gasteiger partial charge in [-0.2, -0.15) is 0 Å². The molecular formula is C16H16BrClN2O2. The number of anilines is 2. The lowest BCUT2D eigenvalue weighted by atomic mass is 10.2. The first-order valence-corrected chi connectivity index (χ1v) is 7.80. The van der Waals surface area contributed by atoms with Crippen LogP contribution in [0, 0.1) is 6.92 Å². The van der Waals surface area contributed by atoms with Gasteiger partial charge in [-0.25, -0.2) is 0 Å². The lowest BCUT2D eigenvalue weighted by Crippen LogP contribution is -2.22. The Morgan fingerprint density at radius 1 is 1.27 bits per heavy atom. The zero-order chi connectivity index (χ0) is 16.1. The van der Waals surface area contributed by atoms with Gasteiger partial charge in [-0.15, -0.1) is 0 Å². The third-order valence-electron chi connectivity index (χ3n) is 3.06. The Bertz CT molecular complexity index is 692. The second-order valence-electron chi connectivity index (χ2n) is 4.71.